The standard InChI is InChI=1S/C13H18N2O2/c14-13(17)12(10-5-2-1-3-6-10)15-8-4-7-11(16)9-15/h1-3,5-6,11-12,16H,4,7-9H2,(H2,14,17)/t11-,12?/m0/s1. The molecule has 1 heterocycles. The molecule has 2 atom stereocenters. The summed E-state index contributed by atoms with van der Waals surface area (Å²) in [5.41, 5.74) is 6.38. The zero-order valence-corrected chi connectivity index (χ0v) is 9.75. The maximum atomic E-state index is 11.6. The first kappa shape index (κ1) is 12.1. The van der Waals surface area contributed by atoms with Crippen molar-refractivity contribution in [3.8, 4) is 0 Å². The molecule has 0 spiro atoms. The van der Waals surface area contributed by atoms with E-state index in [0.717, 1.165) is 24.9 Å². The highest BCUT2D eigenvalue weighted by atomic mass is 16.3. The number of carbonyl (C=O) groups excluding carboxylic acids is 1. The number of rotatable bonds is 3. The molecule has 1 aromatic rings. The van der Waals surface area contributed by atoms with Crippen molar-refractivity contribution < 1.29 is 9.90 Å². The van der Waals surface area contributed by atoms with Gasteiger partial charge in [0.05, 0.1) is 6.10 Å². The van der Waals surface area contributed by atoms with Crippen LogP contribution in [0.2, 0.25) is 0 Å². The average Bonchev–Trinajstić information content (AvgIpc) is 2.30. The molecule has 0 radical (unpaired) electrons. The third-order valence-corrected chi connectivity index (χ3v) is 3.18. The Bertz CT molecular complexity index is 380. The highest BCUT2D eigenvalue weighted by Crippen LogP contribution is 2.24. The van der Waals surface area contributed by atoms with Crippen molar-refractivity contribution >= 4 is 5.91 Å². The Hall–Kier alpha value is -1.39. The van der Waals surface area contributed by atoms with E-state index in [1.807, 2.05) is 35.2 Å². The number of nitrogens with two attached hydrogens (primary N) is 1. The molecular weight excluding hydrogens is 216 g/mol. The van der Waals surface area contributed by atoms with Gasteiger partial charge in [0, 0.05) is 6.54 Å². The number of aliphatic hydroxyl groups is 1. The zero-order valence-electron chi connectivity index (χ0n) is 9.75. The Morgan fingerprint density at radius 2 is 2.12 bits per heavy atom. The van der Waals surface area contributed by atoms with Gasteiger partial charge in [0.1, 0.15) is 6.04 Å². The Kier molecular flexibility index (Phi) is 3.76. The van der Waals surface area contributed by atoms with Gasteiger partial charge in [-0.15, -0.1) is 0 Å². The van der Waals surface area contributed by atoms with Gasteiger partial charge in [0.15, 0.2) is 0 Å². The molecular formula is C13H18N2O2. The van der Waals surface area contributed by atoms with E-state index in [9.17, 15) is 9.90 Å². The summed E-state index contributed by atoms with van der Waals surface area (Å²) in [5, 5.41) is 9.66. The Morgan fingerprint density at radius 3 is 2.71 bits per heavy atom. The molecule has 1 aromatic carbocycles. The minimum absolute atomic E-state index is 0.352. The van der Waals surface area contributed by atoms with Crippen LogP contribution in [0.1, 0.15) is 24.4 Å². The summed E-state index contributed by atoms with van der Waals surface area (Å²) in [6, 6.07) is 9.07. The fraction of sp³-hybridized carbons (Fsp3) is 0.462. The van der Waals surface area contributed by atoms with Crippen LogP contribution in [0.15, 0.2) is 30.3 Å². The average molecular weight is 234 g/mol. The first-order valence-corrected chi connectivity index (χ1v) is 5.95. The highest BCUT2D eigenvalue weighted by molar-refractivity contribution is 5.81. The van der Waals surface area contributed by atoms with Crippen LogP contribution >= 0.6 is 0 Å². The monoisotopic (exact) mass is 234 g/mol. The summed E-state index contributed by atoms with van der Waals surface area (Å²) in [6.45, 7) is 1.32. The number of aliphatic hydroxyl groups excluding tert-OH is 1. The van der Waals surface area contributed by atoms with Crippen LogP contribution in [0.4, 0.5) is 0 Å². The molecule has 92 valence electrons. The van der Waals surface area contributed by atoms with Crippen LogP contribution in [0.25, 0.3) is 0 Å². The molecule has 0 aromatic heterocycles. The number of likely N-dealkylation sites (tertiary alicyclic amines) is 1. The molecule has 2 rings (SSSR count). The maximum absolute atomic E-state index is 11.6. The van der Waals surface area contributed by atoms with Gasteiger partial charge >= 0.3 is 0 Å². The van der Waals surface area contributed by atoms with E-state index in [1.165, 1.54) is 0 Å². The van der Waals surface area contributed by atoms with E-state index in [-0.39, 0.29) is 12.0 Å². The lowest BCUT2D eigenvalue weighted by atomic mass is 10.0. The van der Waals surface area contributed by atoms with E-state index in [4.69, 9.17) is 5.73 Å². The summed E-state index contributed by atoms with van der Waals surface area (Å²) in [7, 11) is 0. The van der Waals surface area contributed by atoms with Gasteiger partial charge in [0.2, 0.25) is 5.91 Å². The van der Waals surface area contributed by atoms with Crippen LogP contribution in [0.3, 0.4) is 0 Å². The number of carbonyl (C=O) groups is 1. The number of primary amides is 1. The number of hydrogen-bond donors (Lipinski definition) is 2. The number of piperidine rings is 1. The summed E-state index contributed by atoms with van der Waals surface area (Å²) < 4.78 is 0. The summed E-state index contributed by atoms with van der Waals surface area (Å²) in [6.07, 6.45) is 1.35. The number of amides is 1. The summed E-state index contributed by atoms with van der Waals surface area (Å²) >= 11 is 0. The molecule has 1 unspecified atom stereocenters. The maximum Gasteiger partial charge on any atom is 0.239 e. The van der Waals surface area contributed by atoms with Crippen molar-refractivity contribution in [1.29, 1.82) is 0 Å². The molecule has 0 bridgehead atoms. The second-order valence-electron chi connectivity index (χ2n) is 4.51. The molecule has 3 N–H and O–H groups in total. The SMILES string of the molecule is NC(=O)C(c1ccccc1)N1CCC[C@H](O)C1. The number of nitrogens with zero attached hydrogens (tertiary/aromatic N) is 1. The molecule has 4 nitrogen and oxygen atoms in total. The van der Waals surface area contributed by atoms with Gasteiger partial charge in [-0.3, -0.25) is 9.69 Å². The second-order valence-corrected chi connectivity index (χ2v) is 4.51. The normalized spacial score (nSPS) is 23.2. The van der Waals surface area contributed by atoms with Crippen molar-refractivity contribution in [3.63, 3.8) is 0 Å². The Morgan fingerprint density at radius 1 is 1.41 bits per heavy atom. The molecule has 0 saturated carbocycles. The summed E-state index contributed by atoms with van der Waals surface area (Å²) in [4.78, 5) is 13.6. The quantitative estimate of drug-likeness (QED) is 0.807. The molecule has 0 aliphatic carbocycles. The zero-order chi connectivity index (χ0) is 12.3. The van der Waals surface area contributed by atoms with Gasteiger partial charge in [0.25, 0.3) is 0 Å². The molecule has 1 aliphatic rings. The molecule has 1 amide bonds. The highest BCUT2D eigenvalue weighted by Gasteiger charge is 2.29. The van der Waals surface area contributed by atoms with Crippen LogP contribution in [-0.2, 0) is 4.79 Å². The van der Waals surface area contributed by atoms with Crippen LogP contribution in [0, 0.1) is 0 Å². The molecule has 17 heavy (non-hydrogen) atoms. The largest absolute Gasteiger partial charge is 0.392 e. The van der Waals surface area contributed by atoms with Crippen LogP contribution in [-0.4, -0.2) is 35.1 Å². The molecule has 1 saturated heterocycles. The summed E-state index contributed by atoms with van der Waals surface area (Å²) in [5.74, 6) is -0.356. The van der Waals surface area contributed by atoms with Crippen LogP contribution < -0.4 is 5.73 Å². The van der Waals surface area contributed by atoms with Gasteiger partial charge < -0.3 is 10.8 Å². The van der Waals surface area contributed by atoms with Crippen molar-refractivity contribution in [3.05, 3.63) is 35.9 Å². The van der Waals surface area contributed by atoms with E-state index in [1.54, 1.807) is 0 Å². The van der Waals surface area contributed by atoms with Crippen molar-refractivity contribution in [2.24, 2.45) is 5.73 Å². The van der Waals surface area contributed by atoms with E-state index >= 15 is 0 Å². The van der Waals surface area contributed by atoms with Gasteiger partial charge in [-0.25, -0.2) is 0 Å². The van der Waals surface area contributed by atoms with Crippen molar-refractivity contribution in [2.45, 2.75) is 25.0 Å². The van der Waals surface area contributed by atoms with Gasteiger partial charge in [-0.05, 0) is 24.9 Å². The van der Waals surface area contributed by atoms with E-state index in [0.29, 0.717) is 6.54 Å². The van der Waals surface area contributed by atoms with Gasteiger partial charge in [-0.2, -0.15) is 0 Å². The number of hydrogen-bond acceptors (Lipinski definition) is 3. The minimum atomic E-state index is -0.425. The predicted octanol–water partition coefficient (Wildman–Crippen LogP) is 0.670. The second kappa shape index (κ2) is 5.29. The van der Waals surface area contributed by atoms with Crippen molar-refractivity contribution in [2.75, 3.05) is 13.1 Å². The van der Waals surface area contributed by atoms with Crippen molar-refractivity contribution in [1.82, 2.24) is 4.90 Å². The predicted molar refractivity (Wildman–Crippen MR) is 65.2 cm³/mol. The lowest BCUT2D eigenvalue weighted by Crippen LogP contribution is -2.45. The van der Waals surface area contributed by atoms with E-state index in [2.05, 4.69) is 0 Å². The van der Waals surface area contributed by atoms with Crippen LogP contribution in [0.5, 0.6) is 0 Å². The third kappa shape index (κ3) is 2.84. The minimum Gasteiger partial charge on any atom is -0.392 e. The molecule has 4 heteroatoms. The third-order valence-electron chi connectivity index (χ3n) is 3.18. The number of benzene rings is 1. The molecule has 1 fully saturated rings. The van der Waals surface area contributed by atoms with Gasteiger partial charge in [-0.1, -0.05) is 30.3 Å². The number of β-amino-alcohol motifs (C(OH)–C–C–N with tert-alkyl or cyclic N) is 1. The fourth-order valence-electron chi connectivity index (χ4n) is 2.41. The molecule has 1 aliphatic heterocycles. The van der Waals surface area contributed by atoms with E-state index < -0.39 is 6.04 Å². The Labute approximate surface area is 101 Å². The Balaban J connectivity index is 2.20. The first-order chi connectivity index (χ1) is 8.18. The topological polar surface area (TPSA) is 66.6 Å². The lowest BCUT2D eigenvalue weighted by Gasteiger charge is -2.35. The lowest BCUT2D eigenvalue weighted by molar-refractivity contribution is -0.124. The fourth-order valence-corrected chi connectivity index (χ4v) is 2.41. The smallest absolute Gasteiger partial charge is 0.239 e. The first-order valence-electron chi connectivity index (χ1n) is 5.95.